The number of aromatic nitrogens is 4. The second kappa shape index (κ2) is 19.6. The molecule has 0 amide bonds. The highest BCUT2D eigenvalue weighted by Gasteiger charge is 2.20. The van der Waals surface area contributed by atoms with E-state index in [9.17, 15) is 16.8 Å². The maximum absolute atomic E-state index is 12.1. The van der Waals surface area contributed by atoms with Gasteiger partial charge >= 0.3 is 10.3 Å². The molecule has 2 aromatic heterocycles. The summed E-state index contributed by atoms with van der Waals surface area (Å²) >= 11 is 3.18. The average molecular weight is 789 g/mol. The van der Waals surface area contributed by atoms with E-state index in [0.717, 1.165) is 45.2 Å². The Bertz CT molecular complexity index is 2040. The summed E-state index contributed by atoms with van der Waals surface area (Å²) in [6.07, 6.45) is 5.50. The molecule has 0 atom stereocenters. The second-order valence-electron chi connectivity index (χ2n) is 10.6. The molecule has 2 heterocycles. The number of aromatic amines is 2. The van der Waals surface area contributed by atoms with Crippen molar-refractivity contribution in [3.8, 4) is 0 Å². The lowest BCUT2D eigenvalue weighted by atomic mass is 10.2. The number of H-pyrrole nitrogens is 2. The van der Waals surface area contributed by atoms with E-state index >= 15 is 0 Å². The van der Waals surface area contributed by atoms with E-state index in [4.69, 9.17) is 17.5 Å². The van der Waals surface area contributed by atoms with E-state index in [1.165, 1.54) is 5.56 Å². The molecule has 14 nitrogen and oxygen atoms in total. The summed E-state index contributed by atoms with van der Waals surface area (Å²) in [5.41, 5.74) is 4.94. The van der Waals surface area contributed by atoms with Crippen molar-refractivity contribution < 1.29 is 43.5 Å². The molecule has 0 radical (unpaired) electrons. The molecular formula is C31H44N6O8S5. The van der Waals surface area contributed by atoms with E-state index in [1.807, 2.05) is 79.9 Å². The summed E-state index contributed by atoms with van der Waals surface area (Å²) in [6, 6.07) is 20.5. The van der Waals surface area contributed by atoms with E-state index in [0.29, 0.717) is 22.9 Å². The largest absolute Gasteiger partial charge is 0.759 e. The number of aryl methyl sites for hydroxylation is 3. The monoisotopic (exact) mass is 788 g/mol. The maximum Gasteiger partial charge on any atom is 0.316 e. The fourth-order valence-corrected chi connectivity index (χ4v) is 7.80. The molecule has 19 heteroatoms. The van der Waals surface area contributed by atoms with Gasteiger partial charge in [-0.15, -0.1) is 0 Å². The van der Waals surface area contributed by atoms with Crippen LogP contribution < -0.4 is 18.6 Å². The number of rotatable bonds is 10. The average Bonchev–Trinajstić information content (AvgIpc) is 3.57. The molecule has 0 fully saturated rings. The van der Waals surface area contributed by atoms with Crippen LogP contribution in [0.4, 0.5) is 0 Å². The maximum atomic E-state index is 12.1. The van der Waals surface area contributed by atoms with Crippen LogP contribution in [0.25, 0.3) is 22.1 Å². The molecule has 0 saturated heterocycles. The van der Waals surface area contributed by atoms with E-state index in [2.05, 4.69) is 38.5 Å². The summed E-state index contributed by atoms with van der Waals surface area (Å²) in [5, 5.41) is 1.98. The van der Waals surface area contributed by atoms with Crippen molar-refractivity contribution in [2.75, 3.05) is 25.6 Å². The number of fused-ring (bicyclic) bond motifs is 2. The van der Waals surface area contributed by atoms with Crippen molar-refractivity contribution in [3.63, 3.8) is 0 Å². The lowest BCUT2D eigenvalue weighted by molar-refractivity contribution is -0.683. The second-order valence-corrected chi connectivity index (χ2v) is 16.5. The first-order valence-corrected chi connectivity index (χ1v) is 21.9. The van der Waals surface area contributed by atoms with Gasteiger partial charge in [0, 0.05) is 35.6 Å². The first-order valence-electron chi connectivity index (χ1n) is 15.2. The zero-order valence-electron chi connectivity index (χ0n) is 28.9. The fourth-order valence-electron chi connectivity index (χ4n) is 4.32. The van der Waals surface area contributed by atoms with Crippen molar-refractivity contribution in [3.05, 3.63) is 72.3 Å². The Kier molecular flexibility index (Phi) is 16.9. The van der Waals surface area contributed by atoms with Crippen molar-refractivity contribution in [1.82, 2.24) is 19.4 Å². The van der Waals surface area contributed by atoms with Crippen LogP contribution in [0.3, 0.4) is 0 Å². The van der Waals surface area contributed by atoms with Crippen molar-refractivity contribution in [2.45, 2.75) is 53.7 Å². The van der Waals surface area contributed by atoms with Crippen LogP contribution in [0.15, 0.2) is 86.8 Å². The third-order valence-corrected chi connectivity index (χ3v) is 11.2. The van der Waals surface area contributed by atoms with Gasteiger partial charge in [-0.3, -0.25) is 8.42 Å². The van der Waals surface area contributed by atoms with Gasteiger partial charge in [-0.1, -0.05) is 49.7 Å². The van der Waals surface area contributed by atoms with Gasteiger partial charge in [0.15, 0.2) is 22.1 Å². The van der Waals surface area contributed by atoms with Gasteiger partial charge in [0.2, 0.25) is 20.0 Å². The van der Waals surface area contributed by atoms with Gasteiger partial charge in [0.25, 0.3) is 0 Å². The quantitative estimate of drug-likeness (QED) is 0.0701. The molecule has 0 unspecified atom stereocenters. The molecule has 0 saturated carbocycles. The van der Waals surface area contributed by atoms with E-state index in [1.54, 1.807) is 47.8 Å². The lowest BCUT2D eigenvalue weighted by Gasteiger charge is -2.06. The smallest absolute Gasteiger partial charge is 0.316 e. The molecule has 276 valence electrons. The fraction of sp³-hybridized carbons (Fsp3) is 0.355. The summed E-state index contributed by atoms with van der Waals surface area (Å²) in [6.45, 7) is 6.85. The minimum absolute atomic E-state index is 0.294. The molecule has 5 rings (SSSR count). The number of nitrogens with zero attached hydrogens (tertiary/aromatic N) is 2. The highest BCUT2D eigenvalue weighted by Crippen LogP contribution is 2.20. The van der Waals surface area contributed by atoms with Crippen molar-refractivity contribution >= 4 is 76.0 Å². The number of nitrogens with one attached hydrogen (secondary N) is 4. The lowest BCUT2D eigenvalue weighted by Crippen LogP contribution is -2.28. The van der Waals surface area contributed by atoms with Crippen LogP contribution in [0.2, 0.25) is 0 Å². The minimum atomic E-state index is -5.17. The predicted octanol–water partition coefficient (Wildman–Crippen LogP) is 3.46. The number of hydrogen-bond donors (Lipinski definition) is 4. The first-order chi connectivity index (χ1) is 23.4. The summed E-state index contributed by atoms with van der Waals surface area (Å²) in [5.74, 6) is 0. The number of benzene rings is 3. The molecular weight excluding hydrogens is 745 g/mol. The Balaban J connectivity index is 0.000000262. The normalized spacial score (nSPS) is 11.6. The van der Waals surface area contributed by atoms with Crippen LogP contribution >= 0.6 is 23.5 Å². The van der Waals surface area contributed by atoms with Gasteiger partial charge in [-0.2, -0.15) is 0 Å². The van der Waals surface area contributed by atoms with Crippen LogP contribution in [0.5, 0.6) is 0 Å². The highest BCUT2D eigenvalue weighted by atomic mass is 32.3. The molecule has 5 aromatic rings. The summed E-state index contributed by atoms with van der Waals surface area (Å²) in [7, 11) is -8.08. The van der Waals surface area contributed by atoms with Gasteiger partial charge < -0.3 is 9.11 Å². The zero-order chi connectivity index (χ0) is 37.7. The molecule has 0 aliphatic carbocycles. The number of thioether (sulfide) groups is 2. The Morgan fingerprint density at radius 2 is 1.02 bits per heavy atom. The van der Waals surface area contributed by atoms with E-state index < -0.39 is 30.4 Å². The molecule has 0 bridgehead atoms. The third-order valence-electron chi connectivity index (χ3n) is 6.78. The van der Waals surface area contributed by atoms with Crippen molar-refractivity contribution in [1.29, 1.82) is 0 Å². The summed E-state index contributed by atoms with van der Waals surface area (Å²) < 4.78 is 91.5. The molecule has 0 spiro atoms. The molecule has 50 heavy (non-hydrogen) atoms. The standard InChI is InChI=1S/2C12H17N3O2S2.C7H8.H2O4S/c2*1-4-7-13-19(16,17)9-5-6-11-10(8-9)14-12(18-3)15(11)2;1-7-5-3-2-4-6-7;1-5(2,3)4/h2*5-6,8,13H,4,7H2,1-3H3;2-6H,1H3;(H2,1,2,3,4). The molecule has 4 N–H and O–H groups in total. The number of sulfonamides is 2. The van der Waals surface area contributed by atoms with Crippen LogP contribution in [-0.4, -0.2) is 69.9 Å². The summed E-state index contributed by atoms with van der Waals surface area (Å²) in [4.78, 5) is 7.02. The SMILES string of the molecule is CCCNS(=O)(=O)c1ccc2c(c1)[nH]c(SC)[n+]2C.CCCNS(=O)(=O)c1ccc2c(c1)[nH]c(SC)[n+]2C.Cc1ccccc1.O=S(=O)([O-])[O-]. The Labute approximate surface area is 303 Å². The molecule has 0 aliphatic rings. The third kappa shape index (κ3) is 13.3. The zero-order valence-corrected chi connectivity index (χ0v) is 33.0. The number of imidazole rings is 2. The van der Waals surface area contributed by atoms with Crippen LogP contribution in [0.1, 0.15) is 32.3 Å². The van der Waals surface area contributed by atoms with E-state index in [-0.39, 0.29) is 0 Å². The Morgan fingerprint density at radius 1 is 0.660 bits per heavy atom. The first kappa shape index (κ1) is 43.2. The number of hydrogen-bond acceptors (Lipinski definition) is 10. The highest BCUT2D eigenvalue weighted by molar-refractivity contribution is 7.98. The van der Waals surface area contributed by atoms with Gasteiger partial charge in [-0.25, -0.2) is 45.4 Å². The van der Waals surface area contributed by atoms with Crippen molar-refractivity contribution in [2.24, 2.45) is 14.1 Å². The molecule has 3 aromatic carbocycles. The van der Waals surface area contributed by atoms with Gasteiger partial charge in [-0.05, 0) is 80.1 Å². The molecule has 0 aliphatic heterocycles. The predicted molar refractivity (Wildman–Crippen MR) is 195 cm³/mol. The van der Waals surface area contributed by atoms with Gasteiger partial charge in [0.05, 0.1) is 23.9 Å². The Hall–Kier alpha value is -3.01. The minimum Gasteiger partial charge on any atom is -0.759 e. The topological polar surface area (TPSA) is 212 Å². The van der Waals surface area contributed by atoms with Gasteiger partial charge in [0.1, 0.15) is 0 Å². The van der Waals surface area contributed by atoms with Crippen LogP contribution in [-0.2, 0) is 44.5 Å². The Morgan fingerprint density at radius 3 is 1.30 bits per heavy atom. The van der Waals surface area contributed by atoms with Crippen LogP contribution in [0, 0.1) is 6.92 Å².